The van der Waals surface area contributed by atoms with Crippen LogP contribution in [0.15, 0.2) is 12.7 Å². The van der Waals surface area contributed by atoms with Crippen molar-refractivity contribution >= 4 is 12.1 Å². The van der Waals surface area contributed by atoms with E-state index in [1.165, 1.54) is 12.0 Å². The molecule has 20 heavy (non-hydrogen) atoms. The first kappa shape index (κ1) is 16.5. The van der Waals surface area contributed by atoms with Gasteiger partial charge in [-0.2, -0.15) is 0 Å². The molecule has 0 aromatic carbocycles. The van der Waals surface area contributed by atoms with Crippen LogP contribution in [0.5, 0.6) is 0 Å². The van der Waals surface area contributed by atoms with Crippen LogP contribution in [0.1, 0.15) is 32.6 Å². The third kappa shape index (κ3) is 4.23. The molecule has 1 saturated heterocycles. The van der Waals surface area contributed by atoms with E-state index >= 15 is 0 Å². The maximum atomic E-state index is 11.4. The maximum absolute atomic E-state index is 11.4. The summed E-state index contributed by atoms with van der Waals surface area (Å²) in [5.74, 6) is -0.340. The van der Waals surface area contributed by atoms with Gasteiger partial charge in [0.2, 0.25) is 0 Å². The molecule has 2 N–H and O–H groups in total. The quantitative estimate of drug-likeness (QED) is 0.548. The molecule has 0 aliphatic carbocycles. The Kier molecular flexibility index (Phi) is 6.51. The summed E-state index contributed by atoms with van der Waals surface area (Å²) in [6.07, 6.45) is 4.21. The van der Waals surface area contributed by atoms with Crippen LogP contribution in [0.4, 0.5) is 4.79 Å². The lowest BCUT2D eigenvalue weighted by Gasteiger charge is -2.28. The summed E-state index contributed by atoms with van der Waals surface area (Å²) in [5.41, 5.74) is 0. The number of esters is 1. The van der Waals surface area contributed by atoms with E-state index in [2.05, 4.69) is 16.6 Å². The van der Waals surface area contributed by atoms with Gasteiger partial charge in [0.15, 0.2) is 0 Å². The van der Waals surface area contributed by atoms with E-state index in [4.69, 9.17) is 0 Å². The van der Waals surface area contributed by atoms with Gasteiger partial charge in [-0.15, -0.1) is 6.58 Å². The smallest absolute Gasteiger partial charge is 0.407 e. The average molecular weight is 284 g/mol. The number of methoxy groups -OCH3 is 1. The van der Waals surface area contributed by atoms with Crippen molar-refractivity contribution in [1.29, 1.82) is 0 Å². The highest BCUT2D eigenvalue weighted by atomic mass is 16.5. The summed E-state index contributed by atoms with van der Waals surface area (Å²) in [4.78, 5) is 24.2. The van der Waals surface area contributed by atoms with Crippen LogP contribution in [0.2, 0.25) is 0 Å². The minimum absolute atomic E-state index is 0.0470. The van der Waals surface area contributed by atoms with Crippen molar-refractivity contribution in [2.75, 3.05) is 13.7 Å². The first-order chi connectivity index (χ1) is 9.51. The van der Waals surface area contributed by atoms with Crippen molar-refractivity contribution in [3.63, 3.8) is 0 Å². The van der Waals surface area contributed by atoms with Gasteiger partial charge in [-0.25, -0.2) is 4.79 Å². The number of hydrogen-bond donors (Lipinski definition) is 2. The Morgan fingerprint density at radius 2 is 2.15 bits per heavy atom. The molecule has 1 fully saturated rings. The number of carbonyl (C=O) groups is 2. The molecular weight excluding hydrogens is 260 g/mol. The molecular formula is C14H24N2O4. The highest BCUT2D eigenvalue weighted by Gasteiger charge is 2.36. The second kappa shape index (κ2) is 7.89. The highest BCUT2D eigenvalue weighted by molar-refractivity contribution is 5.75. The van der Waals surface area contributed by atoms with Crippen LogP contribution in [0, 0.1) is 0 Å². The first-order valence-corrected chi connectivity index (χ1v) is 6.94. The molecule has 0 radical (unpaired) electrons. The summed E-state index contributed by atoms with van der Waals surface area (Å²) >= 11 is 0. The van der Waals surface area contributed by atoms with Crippen LogP contribution in [-0.4, -0.2) is 53.8 Å². The fraction of sp³-hybridized carbons (Fsp3) is 0.714. The van der Waals surface area contributed by atoms with E-state index in [9.17, 15) is 14.7 Å². The summed E-state index contributed by atoms with van der Waals surface area (Å²) in [7, 11) is 1.34. The third-order valence-electron chi connectivity index (χ3n) is 3.76. The monoisotopic (exact) mass is 284 g/mol. The average Bonchev–Trinajstić information content (AvgIpc) is 2.84. The largest absolute Gasteiger partial charge is 0.468 e. The van der Waals surface area contributed by atoms with Gasteiger partial charge in [0, 0.05) is 18.6 Å². The number of ether oxygens (including phenoxy) is 1. The number of hydrogen-bond acceptors (Lipinski definition) is 4. The predicted molar refractivity (Wildman–Crippen MR) is 75.6 cm³/mol. The van der Waals surface area contributed by atoms with E-state index in [1.54, 1.807) is 6.92 Å². The summed E-state index contributed by atoms with van der Waals surface area (Å²) < 4.78 is 4.63. The van der Waals surface area contributed by atoms with Crippen molar-refractivity contribution in [2.45, 2.75) is 50.7 Å². The maximum Gasteiger partial charge on any atom is 0.407 e. The molecule has 1 aliphatic rings. The SMILES string of the molecule is C=CCC[C@H]1CC[C@@H](CN[C@@H](C)C(=O)OC)N1C(=O)O. The van der Waals surface area contributed by atoms with E-state index in [0.29, 0.717) is 6.54 Å². The van der Waals surface area contributed by atoms with E-state index in [1.807, 2.05) is 6.08 Å². The molecule has 6 nitrogen and oxygen atoms in total. The number of nitrogens with one attached hydrogen (secondary N) is 1. The Balaban J connectivity index is 2.54. The molecule has 6 heteroatoms. The second-order valence-corrected chi connectivity index (χ2v) is 5.09. The molecule has 1 aliphatic heterocycles. The van der Waals surface area contributed by atoms with Crippen LogP contribution in [0.3, 0.4) is 0 Å². The molecule has 1 rings (SSSR count). The Bertz CT molecular complexity index is 359. The van der Waals surface area contributed by atoms with E-state index < -0.39 is 12.1 Å². The molecule has 0 spiro atoms. The van der Waals surface area contributed by atoms with Gasteiger partial charge in [-0.05, 0) is 32.6 Å². The van der Waals surface area contributed by atoms with Gasteiger partial charge >= 0.3 is 12.1 Å². The van der Waals surface area contributed by atoms with Crippen molar-refractivity contribution in [1.82, 2.24) is 10.2 Å². The molecule has 3 atom stereocenters. The number of amides is 1. The third-order valence-corrected chi connectivity index (χ3v) is 3.76. The molecule has 0 saturated carbocycles. The molecule has 0 unspecified atom stereocenters. The van der Waals surface area contributed by atoms with Crippen molar-refractivity contribution in [2.24, 2.45) is 0 Å². The zero-order chi connectivity index (χ0) is 15.1. The van der Waals surface area contributed by atoms with E-state index in [0.717, 1.165) is 25.7 Å². The molecule has 0 aromatic rings. The Morgan fingerprint density at radius 3 is 2.70 bits per heavy atom. The normalized spacial score (nSPS) is 23.4. The molecule has 1 heterocycles. The predicted octanol–water partition coefficient (Wildman–Crippen LogP) is 1.61. The Hall–Kier alpha value is -1.56. The summed E-state index contributed by atoms with van der Waals surface area (Å²) in [6.45, 7) is 5.84. The van der Waals surface area contributed by atoms with Crippen LogP contribution < -0.4 is 5.32 Å². The lowest BCUT2D eigenvalue weighted by atomic mass is 10.1. The van der Waals surface area contributed by atoms with Gasteiger partial charge < -0.3 is 20.1 Å². The zero-order valence-electron chi connectivity index (χ0n) is 12.2. The number of allylic oxidation sites excluding steroid dienone is 1. The topological polar surface area (TPSA) is 78.9 Å². The van der Waals surface area contributed by atoms with Crippen LogP contribution in [-0.2, 0) is 9.53 Å². The number of rotatable bonds is 7. The fourth-order valence-corrected chi connectivity index (χ4v) is 2.64. The van der Waals surface area contributed by atoms with Crippen molar-refractivity contribution in [3.8, 4) is 0 Å². The number of carboxylic acid groups (broad SMARTS) is 1. The first-order valence-electron chi connectivity index (χ1n) is 6.94. The number of carbonyl (C=O) groups excluding carboxylic acids is 1. The Morgan fingerprint density at radius 1 is 1.50 bits per heavy atom. The summed E-state index contributed by atoms with van der Waals surface area (Å²) in [6, 6.07) is -0.469. The second-order valence-electron chi connectivity index (χ2n) is 5.09. The molecule has 0 bridgehead atoms. The lowest BCUT2D eigenvalue weighted by molar-refractivity contribution is -0.142. The molecule has 0 aromatic heterocycles. The number of likely N-dealkylation sites (tertiary alicyclic amines) is 1. The molecule has 114 valence electrons. The van der Waals surface area contributed by atoms with Gasteiger partial charge in [0.05, 0.1) is 7.11 Å². The summed E-state index contributed by atoms with van der Waals surface area (Å²) in [5, 5.41) is 12.4. The molecule has 1 amide bonds. The van der Waals surface area contributed by atoms with Gasteiger partial charge in [-0.1, -0.05) is 6.08 Å². The van der Waals surface area contributed by atoms with Gasteiger partial charge in [0.1, 0.15) is 6.04 Å². The minimum atomic E-state index is -0.894. The highest BCUT2D eigenvalue weighted by Crippen LogP contribution is 2.27. The van der Waals surface area contributed by atoms with Crippen LogP contribution in [0.25, 0.3) is 0 Å². The van der Waals surface area contributed by atoms with Crippen molar-refractivity contribution in [3.05, 3.63) is 12.7 Å². The lowest BCUT2D eigenvalue weighted by Crippen LogP contribution is -2.47. The van der Waals surface area contributed by atoms with Gasteiger partial charge in [0.25, 0.3) is 0 Å². The Labute approximate surface area is 119 Å². The fourth-order valence-electron chi connectivity index (χ4n) is 2.64. The zero-order valence-corrected chi connectivity index (χ0v) is 12.2. The van der Waals surface area contributed by atoms with Crippen LogP contribution >= 0.6 is 0 Å². The van der Waals surface area contributed by atoms with E-state index in [-0.39, 0.29) is 18.1 Å². The van der Waals surface area contributed by atoms with Gasteiger partial charge in [-0.3, -0.25) is 4.79 Å². The minimum Gasteiger partial charge on any atom is -0.468 e. The van der Waals surface area contributed by atoms with Crippen molar-refractivity contribution < 1.29 is 19.4 Å². The number of nitrogens with zero attached hydrogens (tertiary/aromatic N) is 1. The standard InChI is InChI=1S/C14H24N2O4/c1-4-5-6-11-7-8-12(16(11)14(18)19)9-15-10(2)13(17)20-3/h4,10-12,15H,1,5-9H2,2-3H3,(H,18,19)/t10-,11-,12-/m0/s1.